The van der Waals surface area contributed by atoms with Crippen LogP contribution in [0.25, 0.3) is 44.0 Å². The molecule has 5 aromatic rings. The summed E-state index contributed by atoms with van der Waals surface area (Å²) in [6, 6.07) is 23.1. The van der Waals surface area contributed by atoms with E-state index < -0.39 is 0 Å². The fraction of sp³-hybridized carbons (Fsp3) is 0. The molecule has 3 aromatic carbocycles. The summed E-state index contributed by atoms with van der Waals surface area (Å²) in [5.74, 6) is 0. The van der Waals surface area contributed by atoms with Crippen LogP contribution in [0.2, 0.25) is 0 Å². The predicted molar refractivity (Wildman–Crippen MR) is 91.0 cm³/mol. The minimum Gasteiger partial charge on any atom is -0.455 e. The Morgan fingerprint density at radius 2 is 1.68 bits per heavy atom. The molecule has 0 atom stereocenters. The summed E-state index contributed by atoms with van der Waals surface area (Å²) in [5.41, 5.74) is 5.36. The van der Waals surface area contributed by atoms with Crippen molar-refractivity contribution in [3.63, 3.8) is 0 Å². The third kappa shape index (κ3) is 1.55. The van der Waals surface area contributed by atoms with Crippen molar-refractivity contribution in [2.75, 3.05) is 0 Å². The summed E-state index contributed by atoms with van der Waals surface area (Å²) < 4.78 is 6.12. The molecule has 2 heterocycles. The van der Waals surface area contributed by atoms with Gasteiger partial charge in [-0.25, -0.2) is 0 Å². The molecule has 0 fully saturated rings. The number of H-pyrrole nitrogens is 1. The Hall–Kier alpha value is -3.00. The summed E-state index contributed by atoms with van der Waals surface area (Å²) in [4.78, 5) is 3.23. The molecule has 0 spiro atoms. The maximum absolute atomic E-state index is 6.12. The van der Waals surface area contributed by atoms with Crippen molar-refractivity contribution in [2.45, 2.75) is 0 Å². The van der Waals surface area contributed by atoms with Gasteiger partial charge in [0.25, 0.3) is 0 Å². The maximum Gasteiger partial charge on any atom is 0.143 e. The van der Waals surface area contributed by atoms with Crippen LogP contribution in [-0.2, 0) is 0 Å². The monoisotopic (exact) mass is 283 g/mol. The second-order valence-electron chi connectivity index (χ2n) is 5.56. The SMILES string of the molecule is c1ccc2c(c1)oc1c(-c3ccc4[nH]ccc4c3)cccc12. The first-order valence-electron chi connectivity index (χ1n) is 7.38. The Labute approximate surface area is 127 Å². The fourth-order valence-electron chi connectivity index (χ4n) is 3.20. The Kier molecular flexibility index (Phi) is 2.25. The molecule has 2 aromatic heterocycles. The van der Waals surface area contributed by atoms with Gasteiger partial charge in [0.15, 0.2) is 0 Å². The van der Waals surface area contributed by atoms with Crippen LogP contribution in [-0.4, -0.2) is 4.98 Å². The lowest BCUT2D eigenvalue weighted by Gasteiger charge is -2.03. The van der Waals surface area contributed by atoms with E-state index in [1.807, 2.05) is 18.3 Å². The highest BCUT2D eigenvalue weighted by Gasteiger charge is 2.11. The van der Waals surface area contributed by atoms with E-state index in [4.69, 9.17) is 4.42 Å². The van der Waals surface area contributed by atoms with Gasteiger partial charge in [0, 0.05) is 28.0 Å². The van der Waals surface area contributed by atoms with Crippen LogP contribution < -0.4 is 0 Å². The number of hydrogen-bond acceptors (Lipinski definition) is 1. The van der Waals surface area contributed by atoms with E-state index in [2.05, 4.69) is 59.6 Å². The van der Waals surface area contributed by atoms with E-state index >= 15 is 0 Å². The largest absolute Gasteiger partial charge is 0.455 e. The molecule has 2 nitrogen and oxygen atoms in total. The van der Waals surface area contributed by atoms with Gasteiger partial charge in [-0.1, -0.05) is 42.5 Å². The number of rotatable bonds is 1. The van der Waals surface area contributed by atoms with Gasteiger partial charge in [0.1, 0.15) is 11.2 Å². The summed E-state index contributed by atoms with van der Waals surface area (Å²) in [5, 5.41) is 3.55. The third-order valence-electron chi connectivity index (χ3n) is 4.27. The lowest BCUT2D eigenvalue weighted by molar-refractivity contribution is 0.670. The fourth-order valence-corrected chi connectivity index (χ4v) is 3.20. The average Bonchev–Trinajstić information content (AvgIpc) is 3.18. The molecule has 0 unspecified atom stereocenters. The second-order valence-corrected chi connectivity index (χ2v) is 5.56. The van der Waals surface area contributed by atoms with Crippen molar-refractivity contribution in [1.82, 2.24) is 4.98 Å². The topological polar surface area (TPSA) is 28.9 Å². The van der Waals surface area contributed by atoms with E-state index in [0.29, 0.717) is 0 Å². The Bertz CT molecular complexity index is 1130. The maximum atomic E-state index is 6.12. The van der Waals surface area contributed by atoms with E-state index in [0.717, 1.165) is 22.2 Å². The van der Waals surface area contributed by atoms with Crippen LogP contribution in [0, 0.1) is 0 Å². The predicted octanol–water partition coefficient (Wildman–Crippen LogP) is 5.73. The molecule has 0 aliphatic rings. The molecule has 0 radical (unpaired) electrons. The van der Waals surface area contributed by atoms with Crippen LogP contribution in [0.15, 0.2) is 77.3 Å². The molecule has 0 aliphatic carbocycles. The van der Waals surface area contributed by atoms with Crippen LogP contribution >= 0.6 is 0 Å². The smallest absolute Gasteiger partial charge is 0.143 e. The lowest BCUT2D eigenvalue weighted by Crippen LogP contribution is -1.79. The van der Waals surface area contributed by atoms with Gasteiger partial charge < -0.3 is 9.40 Å². The summed E-state index contributed by atoms with van der Waals surface area (Å²) in [6.07, 6.45) is 1.97. The van der Waals surface area contributed by atoms with Crippen LogP contribution in [0.5, 0.6) is 0 Å². The second kappa shape index (κ2) is 4.25. The van der Waals surface area contributed by atoms with Gasteiger partial charge in [0.2, 0.25) is 0 Å². The van der Waals surface area contributed by atoms with Crippen molar-refractivity contribution in [3.8, 4) is 11.1 Å². The normalized spacial score (nSPS) is 11.6. The first-order chi connectivity index (χ1) is 10.9. The molecule has 0 amide bonds. The molecule has 0 bridgehead atoms. The van der Waals surface area contributed by atoms with Crippen molar-refractivity contribution in [1.29, 1.82) is 0 Å². The number of aromatic nitrogens is 1. The van der Waals surface area contributed by atoms with Crippen LogP contribution in [0.3, 0.4) is 0 Å². The van der Waals surface area contributed by atoms with E-state index in [9.17, 15) is 0 Å². The molecular formula is C20H13NO. The molecule has 5 rings (SSSR count). The van der Waals surface area contributed by atoms with Gasteiger partial charge in [0.05, 0.1) is 0 Å². The molecular weight excluding hydrogens is 270 g/mol. The number of nitrogens with one attached hydrogen (secondary N) is 1. The van der Waals surface area contributed by atoms with Crippen molar-refractivity contribution >= 4 is 32.8 Å². The number of benzene rings is 3. The van der Waals surface area contributed by atoms with Crippen molar-refractivity contribution in [2.24, 2.45) is 0 Å². The minimum atomic E-state index is 0.938. The molecule has 104 valence electrons. The zero-order valence-electron chi connectivity index (χ0n) is 11.8. The number of para-hydroxylation sites is 2. The highest BCUT2D eigenvalue weighted by molar-refractivity contribution is 6.09. The number of hydrogen-bond donors (Lipinski definition) is 1. The quantitative estimate of drug-likeness (QED) is 0.418. The average molecular weight is 283 g/mol. The standard InChI is InChI=1S/C20H13NO/c1-2-7-19-16(4-1)17-6-3-5-15(20(17)22-19)13-8-9-18-14(12-13)10-11-21-18/h1-12,21H. The molecule has 2 heteroatoms. The third-order valence-corrected chi connectivity index (χ3v) is 4.27. The molecule has 1 N–H and O–H groups in total. The van der Waals surface area contributed by atoms with Gasteiger partial charge in [-0.3, -0.25) is 0 Å². The van der Waals surface area contributed by atoms with Crippen LogP contribution in [0.4, 0.5) is 0 Å². The van der Waals surface area contributed by atoms with Gasteiger partial charge in [-0.05, 0) is 35.2 Å². The summed E-state index contributed by atoms with van der Waals surface area (Å²) in [6.45, 7) is 0. The number of aromatic amines is 1. The first kappa shape index (κ1) is 11.6. The van der Waals surface area contributed by atoms with E-state index in [1.54, 1.807) is 0 Å². The first-order valence-corrected chi connectivity index (χ1v) is 7.38. The van der Waals surface area contributed by atoms with E-state index in [-0.39, 0.29) is 0 Å². The lowest BCUT2D eigenvalue weighted by atomic mass is 10.0. The van der Waals surface area contributed by atoms with Gasteiger partial charge in [-0.2, -0.15) is 0 Å². The zero-order chi connectivity index (χ0) is 14.5. The molecule has 0 saturated heterocycles. The Morgan fingerprint density at radius 1 is 0.773 bits per heavy atom. The van der Waals surface area contributed by atoms with Gasteiger partial charge >= 0.3 is 0 Å². The highest BCUT2D eigenvalue weighted by Crippen LogP contribution is 2.36. The highest BCUT2D eigenvalue weighted by atomic mass is 16.3. The summed E-state index contributed by atoms with van der Waals surface area (Å²) >= 11 is 0. The van der Waals surface area contributed by atoms with Gasteiger partial charge in [-0.15, -0.1) is 0 Å². The number of furan rings is 1. The van der Waals surface area contributed by atoms with Crippen LogP contribution in [0.1, 0.15) is 0 Å². The minimum absolute atomic E-state index is 0.938. The van der Waals surface area contributed by atoms with E-state index in [1.165, 1.54) is 21.7 Å². The molecule has 0 saturated carbocycles. The Morgan fingerprint density at radius 3 is 2.68 bits per heavy atom. The Balaban J connectivity index is 1.86. The molecule has 0 aliphatic heterocycles. The number of fused-ring (bicyclic) bond motifs is 4. The summed E-state index contributed by atoms with van der Waals surface area (Å²) in [7, 11) is 0. The van der Waals surface area contributed by atoms with Crippen molar-refractivity contribution in [3.05, 3.63) is 72.9 Å². The molecule has 22 heavy (non-hydrogen) atoms. The zero-order valence-corrected chi connectivity index (χ0v) is 11.8. The van der Waals surface area contributed by atoms with Crippen molar-refractivity contribution < 1.29 is 4.42 Å².